The fourth-order valence-electron chi connectivity index (χ4n) is 4.09. The highest BCUT2D eigenvalue weighted by Gasteiger charge is 2.37. The van der Waals surface area contributed by atoms with Crippen LogP contribution in [-0.4, -0.2) is 16.8 Å². The van der Waals surface area contributed by atoms with Crippen LogP contribution in [0.1, 0.15) is 31.8 Å². The topological polar surface area (TPSA) is 70.2 Å². The molecule has 0 saturated heterocycles. The number of aromatic nitrogens is 1. The Morgan fingerprint density at radius 3 is 2.18 bits per heavy atom. The van der Waals surface area contributed by atoms with E-state index < -0.39 is 0 Å². The monoisotopic (exact) mass is 368 g/mol. The molecule has 3 aromatic carbocycles. The maximum absolute atomic E-state index is 13.2. The van der Waals surface area contributed by atoms with Crippen LogP contribution in [0.15, 0.2) is 59.4 Å². The Bertz CT molecular complexity index is 1360. The number of benzene rings is 3. The van der Waals surface area contributed by atoms with Crippen LogP contribution in [-0.2, 0) is 0 Å². The van der Waals surface area contributed by atoms with E-state index in [1.165, 1.54) is 0 Å². The van der Waals surface area contributed by atoms with Gasteiger partial charge in [0.25, 0.3) is 11.8 Å². The smallest absolute Gasteiger partial charge is 0.266 e. The molecule has 1 aromatic heterocycles. The molecule has 2 heterocycles. The van der Waals surface area contributed by atoms with Gasteiger partial charge in [-0.2, -0.15) is 0 Å². The molecule has 1 aliphatic rings. The van der Waals surface area contributed by atoms with Gasteiger partial charge in [0.05, 0.1) is 27.8 Å². The zero-order valence-corrected chi connectivity index (χ0v) is 15.4. The van der Waals surface area contributed by atoms with Gasteiger partial charge in [0.1, 0.15) is 0 Å². The molecule has 1 N–H and O–H groups in total. The molecule has 136 valence electrons. The molecule has 5 rings (SSSR count). The molecule has 0 spiro atoms. The van der Waals surface area contributed by atoms with Gasteiger partial charge < -0.3 is 4.98 Å². The average molecular weight is 368 g/mol. The van der Waals surface area contributed by atoms with Crippen molar-refractivity contribution in [3.8, 4) is 0 Å². The van der Waals surface area contributed by atoms with Gasteiger partial charge in [-0.15, -0.1) is 0 Å². The van der Waals surface area contributed by atoms with Crippen LogP contribution >= 0.6 is 0 Å². The van der Waals surface area contributed by atoms with Crippen LogP contribution in [0.5, 0.6) is 0 Å². The minimum Gasteiger partial charge on any atom is -0.353 e. The maximum atomic E-state index is 13.2. The summed E-state index contributed by atoms with van der Waals surface area (Å²) in [7, 11) is 0. The molecular formula is C23H16N2O3. The number of rotatable bonds is 1. The van der Waals surface area contributed by atoms with Gasteiger partial charge in [0.2, 0.25) is 0 Å². The summed E-state index contributed by atoms with van der Waals surface area (Å²) in [6.45, 7) is 3.87. The number of carbonyl (C=O) groups excluding carboxylic acids is 2. The number of nitrogens with zero attached hydrogens (tertiary/aromatic N) is 1. The van der Waals surface area contributed by atoms with Crippen molar-refractivity contribution in [3.05, 3.63) is 87.1 Å². The lowest BCUT2D eigenvalue weighted by molar-refractivity contribution is 0.0926. The SMILES string of the molecule is Cc1cc(C)c2c(=O)c3cccc(N4C(=O)c5ccccc5C4=O)c3[nH]c2c1. The molecule has 0 radical (unpaired) electrons. The van der Waals surface area contributed by atoms with Crippen molar-refractivity contribution < 1.29 is 9.59 Å². The number of aromatic amines is 1. The number of aryl methyl sites for hydroxylation is 2. The summed E-state index contributed by atoms with van der Waals surface area (Å²) in [6, 6.07) is 15.7. The zero-order chi connectivity index (χ0) is 19.6. The van der Waals surface area contributed by atoms with Crippen molar-refractivity contribution in [3.63, 3.8) is 0 Å². The summed E-state index contributed by atoms with van der Waals surface area (Å²) < 4.78 is 0. The first kappa shape index (κ1) is 16.4. The van der Waals surface area contributed by atoms with Crippen LogP contribution in [0.4, 0.5) is 5.69 Å². The number of imide groups is 1. The lowest BCUT2D eigenvalue weighted by Crippen LogP contribution is -2.30. The van der Waals surface area contributed by atoms with Crippen LogP contribution in [0.3, 0.4) is 0 Å². The first-order valence-electron chi connectivity index (χ1n) is 9.01. The van der Waals surface area contributed by atoms with Crippen LogP contribution < -0.4 is 10.3 Å². The van der Waals surface area contributed by atoms with Crippen LogP contribution in [0.2, 0.25) is 0 Å². The van der Waals surface area contributed by atoms with E-state index in [-0.39, 0.29) is 17.2 Å². The number of anilines is 1. The van der Waals surface area contributed by atoms with E-state index in [9.17, 15) is 14.4 Å². The summed E-state index contributed by atoms with van der Waals surface area (Å²) in [5.41, 5.74) is 4.13. The van der Waals surface area contributed by atoms with Gasteiger partial charge in [-0.1, -0.05) is 24.3 Å². The van der Waals surface area contributed by atoms with E-state index >= 15 is 0 Å². The summed E-state index contributed by atoms with van der Waals surface area (Å²) in [6.07, 6.45) is 0. The molecule has 0 unspecified atom stereocenters. The average Bonchev–Trinajstić information content (AvgIpc) is 2.92. The summed E-state index contributed by atoms with van der Waals surface area (Å²) in [5.74, 6) is -0.760. The van der Waals surface area contributed by atoms with Crippen molar-refractivity contribution in [2.45, 2.75) is 13.8 Å². The Morgan fingerprint density at radius 1 is 0.821 bits per heavy atom. The Kier molecular flexibility index (Phi) is 3.31. The number of amides is 2. The normalized spacial score (nSPS) is 13.6. The predicted molar refractivity (Wildman–Crippen MR) is 109 cm³/mol. The van der Waals surface area contributed by atoms with E-state index in [1.807, 2.05) is 26.0 Å². The van der Waals surface area contributed by atoms with Crippen molar-refractivity contribution in [1.82, 2.24) is 4.98 Å². The van der Waals surface area contributed by atoms with Gasteiger partial charge in [-0.05, 0) is 55.3 Å². The third-order valence-corrected chi connectivity index (χ3v) is 5.29. The van der Waals surface area contributed by atoms with Gasteiger partial charge in [-0.25, -0.2) is 4.90 Å². The van der Waals surface area contributed by atoms with E-state index in [2.05, 4.69) is 4.98 Å². The highest BCUT2D eigenvalue weighted by molar-refractivity contribution is 6.35. The van der Waals surface area contributed by atoms with Crippen molar-refractivity contribution >= 4 is 39.3 Å². The van der Waals surface area contributed by atoms with E-state index in [0.29, 0.717) is 38.6 Å². The van der Waals surface area contributed by atoms with E-state index in [4.69, 9.17) is 0 Å². The minimum atomic E-state index is -0.380. The summed E-state index contributed by atoms with van der Waals surface area (Å²) in [4.78, 5) is 43.5. The van der Waals surface area contributed by atoms with Crippen molar-refractivity contribution in [1.29, 1.82) is 0 Å². The molecule has 4 aromatic rings. The molecule has 5 heteroatoms. The molecule has 0 aliphatic carbocycles. The fourth-order valence-corrected chi connectivity index (χ4v) is 4.09. The lowest BCUT2D eigenvalue weighted by Gasteiger charge is -2.17. The van der Waals surface area contributed by atoms with Crippen molar-refractivity contribution in [2.75, 3.05) is 4.90 Å². The first-order chi connectivity index (χ1) is 13.5. The van der Waals surface area contributed by atoms with E-state index in [1.54, 1.807) is 42.5 Å². The number of carbonyl (C=O) groups is 2. The number of nitrogens with one attached hydrogen (secondary N) is 1. The number of fused-ring (bicyclic) bond motifs is 3. The molecule has 5 nitrogen and oxygen atoms in total. The highest BCUT2D eigenvalue weighted by Crippen LogP contribution is 2.33. The molecule has 0 bridgehead atoms. The lowest BCUT2D eigenvalue weighted by atomic mass is 10.0. The number of H-pyrrole nitrogens is 1. The Labute approximate surface area is 160 Å². The quantitative estimate of drug-likeness (QED) is 0.406. The molecule has 1 aliphatic heterocycles. The Hall–Kier alpha value is -3.73. The molecule has 28 heavy (non-hydrogen) atoms. The third-order valence-electron chi connectivity index (χ3n) is 5.29. The number of para-hydroxylation sites is 1. The summed E-state index contributed by atoms with van der Waals surface area (Å²) >= 11 is 0. The van der Waals surface area contributed by atoms with Crippen molar-refractivity contribution in [2.24, 2.45) is 0 Å². The highest BCUT2D eigenvalue weighted by atomic mass is 16.2. The molecular weight excluding hydrogens is 352 g/mol. The minimum absolute atomic E-state index is 0.111. The predicted octanol–water partition coefficient (Wildman–Crippen LogP) is 4.10. The first-order valence-corrected chi connectivity index (χ1v) is 9.01. The van der Waals surface area contributed by atoms with Gasteiger partial charge in [-0.3, -0.25) is 14.4 Å². The maximum Gasteiger partial charge on any atom is 0.266 e. The molecule has 0 atom stereocenters. The zero-order valence-electron chi connectivity index (χ0n) is 15.4. The number of pyridine rings is 1. The molecule has 0 saturated carbocycles. The third kappa shape index (κ3) is 2.10. The second kappa shape index (κ2) is 5.63. The van der Waals surface area contributed by atoms with Gasteiger partial charge >= 0.3 is 0 Å². The largest absolute Gasteiger partial charge is 0.353 e. The van der Waals surface area contributed by atoms with Gasteiger partial charge in [0, 0.05) is 10.8 Å². The standard InChI is InChI=1S/C23H16N2O3/c1-12-10-13(2)19-17(11-12)24-20-16(21(19)26)8-5-9-18(20)25-22(27)14-6-3-4-7-15(14)23(25)28/h3-11H,1-2H3,(H,24,26). The van der Waals surface area contributed by atoms with Crippen LogP contribution in [0, 0.1) is 13.8 Å². The molecule has 2 amide bonds. The Morgan fingerprint density at radius 2 is 1.50 bits per heavy atom. The van der Waals surface area contributed by atoms with E-state index in [0.717, 1.165) is 16.0 Å². The second-order valence-electron chi connectivity index (χ2n) is 7.15. The summed E-state index contributed by atoms with van der Waals surface area (Å²) in [5, 5.41) is 1.08. The second-order valence-corrected chi connectivity index (χ2v) is 7.15. The number of hydrogen-bond donors (Lipinski definition) is 1. The Balaban J connectivity index is 1.84. The molecule has 0 fully saturated rings. The van der Waals surface area contributed by atoms with Gasteiger partial charge in [0.15, 0.2) is 5.43 Å². The fraction of sp³-hybridized carbons (Fsp3) is 0.0870. The number of hydrogen-bond acceptors (Lipinski definition) is 3. The van der Waals surface area contributed by atoms with Crippen LogP contribution in [0.25, 0.3) is 21.8 Å².